The zero-order valence-corrected chi connectivity index (χ0v) is 24.4. The van der Waals surface area contributed by atoms with Crippen molar-refractivity contribution in [3.8, 4) is 16.8 Å². The van der Waals surface area contributed by atoms with Gasteiger partial charge in [0.15, 0.2) is 5.58 Å². The maximum Gasteiger partial charge on any atom is 0.159 e. The van der Waals surface area contributed by atoms with Gasteiger partial charge in [-0.25, -0.2) is 0 Å². The fraction of sp³-hybridized carbons (Fsp3) is 0.0233. The molecule has 1 aliphatic carbocycles. The van der Waals surface area contributed by atoms with Crippen LogP contribution in [0.1, 0.15) is 22.3 Å². The number of para-hydroxylation sites is 3. The van der Waals surface area contributed by atoms with Crippen molar-refractivity contribution in [1.82, 2.24) is 4.57 Å². The van der Waals surface area contributed by atoms with Crippen LogP contribution in [0.3, 0.4) is 0 Å². The predicted molar refractivity (Wildman–Crippen MR) is 185 cm³/mol. The number of rotatable bonds is 3. The van der Waals surface area contributed by atoms with Crippen LogP contribution in [0.25, 0.3) is 60.6 Å². The summed E-state index contributed by atoms with van der Waals surface area (Å²) in [6.07, 6.45) is 0. The average molecular weight is 574 g/mol. The van der Waals surface area contributed by atoms with E-state index in [4.69, 9.17) is 4.42 Å². The molecule has 45 heavy (non-hydrogen) atoms. The van der Waals surface area contributed by atoms with E-state index in [0.29, 0.717) is 0 Å². The Labute approximate surface area is 260 Å². The number of aromatic nitrogens is 1. The molecule has 0 amide bonds. The van der Waals surface area contributed by atoms with Crippen molar-refractivity contribution in [2.75, 3.05) is 0 Å². The van der Waals surface area contributed by atoms with Crippen LogP contribution in [0.4, 0.5) is 0 Å². The predicted octanol–water partition coefficient (Wildman–Crippen LogP) is 11.0. The second-order valence-electron chi connectivity index (χ2n) is 12.0. The van der Waals surface area contributed by atoms with Crippen LogP contribution < -0.4 is 0 Å². The van der Waals surface area contributed by atoms with Gasteiger partial charge in [-0.1, -0.05) is 133 Å². The van der Waals surface area contributed by atoms with Crippen molar-refractivity contribution < 1.29 is 4.42 Å². The lowest BCUT2D eigenvalue weighted by Gasteiger charge is -2.34. The molecule has 2 heterocycles. The van der Waals surface area contributed by atoms with Crippen molar-refractivity contribution in [2.24, 2.45) is 0 Å². The Morgan fingerprint density at radius 1 is 0.422 bits per heavy atom. The molecule has 0 unspecified atom stereocenters. The second kappa shape index (κ2) is 9.07. The van der Waals surface area contributed by atoms with E-state index in [9.17, 15) is 0 Å². The van der Waals surface area contributed by atoms with Gasteiger partial charge in [0.25, 0.3) is 0 Å². The minimum atomic E-state index is -0.463. The fourth-order valence-electron chi connectivity index (χ4n) is 8.07. The lowest BCUT2D eigenvalue weighted by Crippen LogP contribution is -2.28. The Morgan fingerprint density at radius 3 is 1.87 bits per heavy atom. The summed E-state index contributed by atoms with van der Waals surface area (Å²) in [6.45, 7) is 0. The van der Waals surface area contributed by atoms with Crippen molar-refractivity contribution in [1.29, 1.82) is 0 Å². The maximum absolute atomic E-state index is 6.61. The second-order valence-corrected chi connectivity index (χ2v) is 12.0. The standard InChI is InChI=1S/C43H27NO/c1-3-14-28(15-4-1)43(29-16-5-2-6-17-29)36-22-10-7-18-30(36)34-26-35-31-19-8-11-23-38(31)44(40(35)27-37(34)43)39-24-13-21-33-32-20-9-12-25-41(32)45-42(33)39/h1-27H. The summed E-state index contributed by atoms with van der Waals surface area (Å²) in [5.74, 6) is 0. The van der Waals surface area contributed by atoms with Gasteiger partial charge in [0.05, 0.1) is 22.1 Å². The SMILES string of the molecule is c1ccc(C2(c3ccccc3)c3ccccc3-c3cc4c5ccccc5n(-c5cccc6c5oc5ccccc56)c4cc32)cc1. The zero-order chi connectivity index (χ0) is 29.5. The fourth-order valence-corrected chi connectivity index (χ4v) is 8.07. The molecule has 10 rings (SSSR count). The first-order chi connectivity index (χ1) is 22.3. The average Bonchev–Trinajstić information content (AvgIpc) is 3.74. The highest BCUT2D eigenvalue weighted by atomic mass is 16.3. The third kappa shape index (κ3) is 3.18. The number of furan rings is 1. The summed E-state index contributed by atoms with van der Waals surface area (Å²) in [4.78, 5) is 0. The normalized spacial score (nSPS) is 13.5. The molecule has 2 heteroatoms. The molecule has 0 N–H and O–H groups in total. The van der Waals surface area contributed by atoms with E-state index < -0.39 is 5.41 Å². The third-order valence-electron chi connectivity index (χ3n) is 9.88. The molecule has 210 valence electrons. The molecule has 2 nitrogen and oxygen atoms in total. The first-order valence-electron chi connectivity index (χ1n) is 15.5. The molecule has 7 aromatic carbocycles. The van der Waals surface area contributed by atoms with Gasteiger partial charge in [0.2, 0.25) is 0 Å². The topological polar surface area (TPSA) is 18.1 Å². The van der Waals surface area contributed by atoms with E-state index >= 15 is 0 Å². The summed E-state index contributed by atoms with van der Waals surface area (Å²) >= 11 is 0. The number of hydrogen-bond acceptors (Lipinski definition) is 1. The highest BCUT2D eigenvalue weighted by Gasteiger charge is 2.46. The Balaban J connectivity index is 1.39. The van der Waals surface area contributed by atoms with Crippen molar-refractivity contribution in [2.45, 2.75) is 5.41 Å². The van der Waals surface area contributed by atoms with E-state index in [1.54, 1.807) is 0 Å². The minimum Gasteiger partial charge on any atom is -0.454 e. The van der Waals surface area contributed by atoms with Gasteiger partial charge < -0.3 is 8.98 Å². The number of fused-ring (bicyclic) bond motifs is 9. The molecular weight excluding hydrogens is 546 g/mol. The van der Waals surface area contributed by atoms with E-state index in [1.807, 2.05) is 6.07 Å². The number of nitrogens with zero attached hydrogens (tertiary/aromatic N) is 1. The minimum absolute atomic E-state index is 0.463. The molecule has 0 aliphatic heterocycles. The van der Waals surface area contributed by atoms with Gasteiger partial charge in [0, 0.05) is 21.5 Å². The van der Waals surface area contributed by atoms with E-state index in [2.05, 4.69) is 162 Å². The van der Waals surface area contributed by atoms with Gasteiger partial charge in [-0.15, -0.1) is 0 Å². The van der Waals surface area contributed by atoms with Crippen LogP contribution in [-0.4, -0.2) is 4.57 Å². The molecule has 1 aliphatic rings. The van der Waals surface area contributed by atoms with Crippen molar-refractivity contribution >= 4 is 43.7 Å². The molecule has 0 spiro atoms. The monoisotopic (exact) mass is 573 g/mol. The smallest absolute Gasteiger partial charge is 0.159 e. The van der Waals surface area contributed by atoms with E-state index in [-0.39, 0.29) is 0 Å². The summed E-state index contributed by atoms with van der Waals surface area (Å²) in [6, 6.07) is 59.5. The van der Waals surface area contributed by atoms with Gasteiger partial charge in [-0.2, -0.15) is 0 Å². The van der Waals surface area contributed by atoms with Crippen LogP contribution in [0.2, 0.25) is 0 Å². The molecule has 0 saturated heterocycles. The maximum atomic E-state index is 6.61. The van der Waals surface area contributed by atoms with Gasteiger partial charge >= 0.3 is 0 Å². The molecule has 0 saturated carbocycles. The Bertz CT molecular complexity index is 2550. The lowest BCUT2D eigenvalue weighted by atomic mass is 9.67. The Hall–Kier alpha value is -5.86. The molecule has 9 aromatic rings. The van der Waals surface area contributed by atoms with E-state index in [1.165, 1.54) is 55.2 Å². The summed E-state index contributed by atoms with van der Waals surface area (Å²) in [5, 5.41) is 4.74. The van der Waals surface area contributed by atoms with Crippen molar-refractivity contribution in [3.05, 3.63) is 186 Å². The molecule has 0 fully saturated rings. The van der Waals surface area contributed by atoms with Gasteiger partial charge in [0.1, 0.15) is 5.58 Å². The van der Waals surface area contributed by atoms with Crippen LogP contribution in [-0.2, 0) is 5.41 Å². The third-order valence-corrected chi connectivity index (χ3v) is 9.88. The van der Waals surface area contributed by atoms with Crippen molar-refractivity contribution in [3.63, 3.8) is 0 Å². The van der Waals surface area contributed by atoms with Gasteiger partial charge in [-0.3, -0.25) is 0 Å². The largest absolute Gasteiger partial charge is 0.454 e. The molecular formula is C43H27NO. The highest BCUT2D eigenvalue weighted by molar-refractivity contribution is 6.14. The summed E-state index contributed by atoms with van der Waals surface area (Å²) < 4.78 is 9.02. The number of hydrogen-bond donors (Lipinski definition) is 0. The molecule has 0 bridgehead atoms. The first kappa shape index (κ1) is 24.6. The molecule has 2 aromatic heterocycles. The van der Waals surface area contributed by atoms with Crippen LogP contribution >= 0.6 is 0 Å². The first-order valence-corrected chi connectivity index (χ1v) is 15.5. The van der Waals surface area contributed by atoms with Crippen LogP contribution in [0, 0.1) is 0 Å². The van der Waals surface area contributed by atoms with E-state index in [0.717, 1.165) is 27.6 Å². The number of benzene rings is 7. The summed E-state index contributed by atoms with van der Waals surface area (Å²) in [7, 11) is 0. The zero-order valence-electron chi connectivity index (χ0n) is 24.4. The Kier molecular flexibility index (Phi) is 4.95. The quantitative estimate of drug-likeness (QED) is 0.206. The van der Waals surface area contributed by atoms with Crippen LogP contribution in [0.5, 0.6) is 0 Å². The lowest BCUT2D eigenvalue weighted by molar-refractivity contribution is 0.666. The van der Waals surface area contributed by atoms with Gasteiger partial charge in [-0.05, 0) is 63.7 Å². The summed E-state index contributed by atoms with van der Waals surface area (Å²) in [5.41, 5.74) is 12.5. The Morgan fingerprint density at radius 2 is 1.07 bits per heavy atom. The molecule has 0 atom stereocenters. The highest BCUT2D eigenvalue weighted by Crippen LogP contribution is 2.57. The molecule has 0 radical (unpaired) electrons. The van der Waals surface area contributed by atoms with Crippen LogP contribution in [0.15, 0.2) is 168 Å².